The number of aliphatic imine (C=N–C) groups is 1. The van der Waals surface area contributed by atoms with Crippen LogP contribution in [-0.4, -0.2) is 34.7 Å². The van der Waals surface area contributed by atoms with Crippen molar-refractivity contribution >= 4 is 5.96 Å². The molecule has 1 aliphatic carbocycles. The molecule has 19 heavy (non-hydrogen) atoms. The summed E-state index contributed by atoms with van der Waals surface area (Å²) in [6, 6.07) is 5.80. The average molecular weight is 262 g/mol. The maximum Gasteiger partial charge on any atom is 0.191 e. The summed E-state index contributed by atoms with van der Waals surface area (Å²) in [5.41, 5.74) is 0.392. The molecular formula is C14H22N4O. The molecule has 0 atom stereocenters. The van der Waals surface area contributed by atoms with Crippen molar-refractivity contribution in [1.82, 2.24) is 15.6 Å². The average Bonchev–Trinajstić information content (AvgIpc) is 2.41. The highest BCUT2D eigenvalue weighted by Gasteiger charge is 2.34. The standard InChI is InChI=1S/C14H22N4O/c1-2-15-13(18-11-14(19)7-5-8-14)17-10-12-6-3-4-9-16-12/h3-4,6,9,19H,2,5,7-8,10-11H2,1H3,(H2,15,17,18). The normalized spacial score (nSPS) is 17.7. The number of pyridine rings is 1. The van der Waals surface area contributed by atoms with Gasteiger partial charge in [0.05, 0.1) is 17.8 Å². The van der Waals surface area contributed by atoms with E-state index in [0.29, 0.717) is 13.1 Å². The lowest BCUT2D eigenvalue weighted by atomic mass is 9.80. The van der Waals surface area contributed by atoms with E-state index in [2.05, 4.69) is 20.6 Å². The van der Waals surface area contributed by atoms with Gasteiger partial charge in [-0.2, -0.15) is 0 Å². The van der Waals surface area contributed by atoms with E-state index in [1.54, 1.807) is 6.20 Å². The van der Waals surface area contributed by atoms with Crippen LogP contribution >= 0.6 is 0 Å². The second kappa shape index (κ2) is 6.52. The van der Waals surface area contributed by atoms with Gasteiger partial charge >= 0.3 is 0 Å². The summed E-state index contributed by atoms with van der Waals surface area (Å²) >= 11 is 0. The number of rotatable bonds is 5. The van der Waals surface area contributed by atoms with Crippen LogP contribution in [0.4, 0.5) is 0 Å². The Hall–Kier alpha value is -1.62. The Morgan fingerprint density at radius 1 is 1.42 bits per heavy atom. The fraction of sp³-hybridized carbons (Fsp3) is 0.571. The van der Waals surface area contributed by atoms with Crippen LogP contribution in [0.1, 0.15) is 31.9 Å². The van der Waals surface area contributed by atoms with Crippen molar-refractivity contribution in [2.24, 2.45) is 4.99 Å². The molecule has 0 amide bonds. The maximum atomic E-state index is 10.1. The number of aliphatic hydroxyl groups is 1. The first kappa shape index (κ1) is 13.8. The number of hydrogen-bond acceptors (Lipinski definition) is 3. The topological polar surface area (TPSA) is 69.5 Å². The van der Waals surface area contributed by atoms with Gasteiger partial charge in [-0.05, 0) is 38.3 Å². The van der Waals surface area contributed by atoms with Gasteiger partial charge in [0.15, 0.2) is 5.96 Å². The quantitative estimate of drug-likeness (QED) is 0.548. The molecule has 1 heterocycles. The molecule has 0 unspecified atom stereocenters. The van der Waals surface area contributed by atoms with Crippen LogP contribution in [-0.2, 0) is 6.54 Å². The zero-order valence-corrected chi connectivity index (χ0v) is 11.4. The second-order valence-electron chi connectivity index (χ2n) is 4.95. The molecule has 0 aliphatic heterocycles. The first-order valence-corrected chi connectivity index (χ1v) is 6.86. The van der Waals surface area contributed by atoms with Crippen molar-refractivity contribution in [3.05, 3.63) is 30.1 Å². The maximum absolute atomic E-state index is 10.1. The van der Waals surface area contributed by atoms with Crippen LogP contribution in [0.5, 0.6) is 0 Å². The minimum Gasteiger partial charge on any atom is -0.388 e. The third kappa shape index (κ3) is 4.21. The molecule has 104 valence electrons. The van der Waals surface area contributed by atoms with Gasteiger partial charge in [-0.1, -0.05) is 6.07 Å². The molecule has 0 bridgehead atoms. The van der Waals surface area contributed by atoms with Crippen molar-refractivity contribution in [3.63, 3.8) is 0 Å². The lowest BCUT2D eigenvalue weighted by Gasteiger charge is -2.36. The second-order valence-corrected chi connectivity index (χ2v) is 4.95. The lowest BCUT2D eigenvalue weighted by Crippen LogP contribution is -2.50. The van der Waals surface area contributed by atoms with E-state index in [0.717, 1.165) is 37.5 Å². The first-order chi connectivity index (χ1) is 9.22. The Balaban J connectivity index is 1.87. The highest BCUT2D eigenvalue weighted by molar-refractivity contribution is 5.79. The first-order valence-electron chi connectivity index (χ1n) is 6.86. The predicted octanol–water partition coefficient (Wildman–Crippen LogP) is 1.05. The summed E-state index contributed by atoms with van der Waals surface area (Å²) in [5, 5.41) is 16.4. The molecule has 2 rings (SSSR count). The van der Waals surface area contributed by atoms with Gasteiger partial charge in [-0.25, -0.2) is 4.99 Å². The van der Waals surface area contributed by atoms with Crippen LogP contribution in [0.2, 0.25) is 0 Å². The molecule has 0 saturated heterocycles. The number of aromatic nitrogens is 1. The molecule has 5 nitrogen and oxygen atoms in total. The highest BCUT2D eigenvalue weighted by atomic mass is 16.3. The lowest BCUT2D eigenvalue weighted by molar-refractivity contribution is -0.0279. The van der Waals surface area contributed by atoms with Crippen molar-refractivity contribution in [3.8, 4) is 0 Å². The minimum atomic E-state index is -0.540. The number of nitrogens with zero attached hydrogens (tertiary/aromatic N) is 2. The van der Waals surface area contributed by atoms with Crippen LogP contribution in [0.15, 0.2) is 29.4 Å². The summed E-state index contributed by atoms with van der Waals surface area (Å²) in [6.45, 7) is 3.91. The third-order valence-corrected chi connectivity index (χ3v) is 3.34. The van der Waals surface area contributed by atoms with E-state index in [4.69, 9.17) is 0 Å². The van der Waals surface area contributed by atoms with Crippen molar-refractivity contribution in [1.29, 1.82) is 0 Å². The summed E-state index contributed by atoms with van der Waals surface area (Å²) < 4.78 is 0. The molecule has 1 aromatic rings. The van der Waals surface area contributed by atoms with Gasteiger partial charge in [-0.3, -0.25) is 4.98 Å². The van der Waals surface area contributed by atoms with Crippen molar-refractivity contribution < 1.29 is 5.11 Å². The van der Waals surface area contributed by atoms with Gasteiger partial charge in [0.1, 0.15) is 0 Å². The van der Waals surface area contributed by atoms with E-state index in [1.165, 1.54) is 0 Å². The number of nitrogens with one attached hydrogen (secondary N) is 2. The smallest absolute Gasteiger partial charge is 0.191 e. The zero-order valence-electron chi connectivity index (χ0n) is 11.4. The van der Waals surface area contributed by atoms with Crippen molar-refractivity contribution in [2.45, 2.75) is 38.3 Å². The Kier molecular flexibility index (Phi) is 4.74. The van der Waals surface area contributed by atoms with Gasteiger partial charge in [0.25, 0.3) is 0 Å². The van der Waals surface area contributed by atoms with E-state index >= 15 is 0 Å². The van der Waals surface area contributed by atoms with Crippen molar-refractivity contribution in [2.75, 3.05) is 13.1 Å². The predicted molar refractivity (Wildman–Crippen MR) is 75.9 cm³/mol. The van der Waals surface area contributed by atoms with E-state index in [9.17, 15) is 5.11 Å². The van der Waals surface area contributed by atoms with Gasteiger partial charge in [-0.15, -0.1) is 0 Å². The van der Waals surface area contributed by atoms with Crippen LogP contribution in [0.25, 0.3) is 0 Å². The fourth-order valence-corrected chi connectivity index (χ4v) is 2.00. The van der Waals surface area contributed by atoms with E-state index in [-0.39, 0.29) is 0 Å². The molecule has 1 fully saturated rings. The Labute approximate surface area is 114 Å². The fourth-order valence-electron chi connectivity index (χ4n) is 2.00. The molecule has 0 spiro atoms. The number of guanidine groups is 1. The van der Waals surface area contributed by atoms with Gasteiger partial charge in [0, 0.05) is 19.3 Å². The molecule has 5 heteroatoms. The monoisotopic (exact) mass is 262 g/mol. The summed E-state index contributed by atoms with van der Waals surface area (Å²) in [6.07, 6.45) is 4.63. The van der Waals surface area contributed by atoms with Crippen LogP contribution < -0.4 is 10.6 Å². The molecule has 0 radical (unpaired) electrons. The Bertz CT molecular complexity index is 415. The zero-order chi connectivity index (χ0) is 13.6. The molecule has 1 aliphatic rings. The number of hydrogen-bond donors (Lipinski definition) is 3. The molecule has 3 N–H and O–H groups in total. The largest absolute Gasteiger partial charge is 0.388 e. The summed E-state index contributed by atoms with van der Waals surface area (Å²) in [5.74, 6) is 0.730. The van der Waals surface area contributed by atoms with E-state index in [1.807, 2.05) is 25.1 Å². The molecule has 1 saturated carbocycles. The van der Waals surface area contributed by atoms with Crippen LogP contribution in [0.3, 0.4) is 0 Å². The minimum absolute atomic E-state index is 0.536. The summed E-state index contributed by atoms with van der Waals surface area (Å²) in [7, 11) is 0. The molecule has 0 aromatic carbocycles. The summed E-state index contributed by atoms with van der Waals surface area (Å²) in [4.78, 5) is 8.70. The molecular weight excluding hydrogens is 240 g/mol. The highest BCUT2D eigenvalue weighted by Crippen LogP contribution is 2.30. The van der Waals surface area contributed by atoms with E-state index < -0.39 is 5.60 Å². The van der Waals surface area contributed by atoms with Crippen LogP contribution in [0, 0.1) is 0 Å². The SMILES string of the molecule is CCNC(=NCc1ccccn1)NCC1(O)CCC1. The van der Waals surface area contributed by atoms with Gasteiger partial charge in [0.2, 0.25) is 0 Å². The van der Waals surface area contributed by atoms with Gasteiger partial charge < -0.3 is 15.7 Å². The Morgan fingerprint density at radius 3 is 2.84 bits per heavy atom. The Morgan fingerprint density at radius 2 is 2.26 bits per heavy atom. The molecule has 1 aromatic heterocycles. The third-order valence-electron chi connectivity index (χ3n) is 3.34.